The summed E-state index contributed by atoms with van der Waals surface area (Å²) >= 11 is 1.78. The van der Waals surface area contributed by atoms with Crippen LogP contribution in [0.2, 0.25) is 0 Å². The minimum absolute atomic E-state index is 0.205. The fourth-order valence-electron chi connectivity index (χ4n) is 4.25. The van der Waals surface area contributed by atoms with Crippen LogP contribution in [0.4, 0.5) is 16.0 Å². The van der Waals surface area contributed by atoms with E-state index in [0.29, 0.717) is 22.3 Å². The molecule has 5 rings (SSSR count). The van der Waals surface area contributed by atoms with Gasteiger partial charge in [-0.2, -0.15) is 0 Å². The van der Waals surface area contributed by atoms with Crippen LogP contribution in [0.15, 0.2) is 59.8 Å². The Balaban J connectivity index is 1.45. The SMILES string of the molecule is CC(CCO)Sc1ccc2c(c1)N(c1ncc(-c3ccccc3F)cn1)CC21CC1. The number of nitrogens with zero attached hydrogens (tertiary/aromatic N) is 3. The third-order valence-electron chi connectivity index (χ3n) is 6.08. The Morgan fingerprint density at radius 3 is 2.63 bits per heavy atom. The van der Waals surface area contributed by atoms with Crippen molar-refractivity contribution in [1.29, 1.82) is 0 Å². The number of hydrogen-bond donors (Lipinski definition) is 1. The molecule has 1 aliphatic carbocycles. The number of fused-ring (bicyclic) bond motifs is 2. The van der Waals surface area contributed by atoms with E-state index in [1.54, 1.807) is 36.3 Å². The second-order valence-electron chi connectivity index (χ2n) is 8.24. The molecule has 154 valence electrons. The molecule has 0 saturated heterocycles. The normalized spacial score (nSPS) is 17.2. The quantitative estimate of drug-likeness (QED) is 0.545. The third kappa shape index (κ3) is 3.48. The Hall–Kier alpha value is -2.44. The molecular weight excluding hydrogens is 397 g/mol. The molecule has 1 spiro atoms. The molecule has 0 radical (unpaired) electrons. The number of anilines is 2. The summed E-state index contributed by atoms with van der Waals surface area (Å²) in [7, 11) is 0. The average Bonchev–Trinajstić information content (AvgIpc) is 3.46. The van der Waals surface area contributed by atoms with Crippen LogP contribution in [0.5, 0.6) is 0 Å². The number of halogens is 1. The van der Waals surface area contributed by atoms with Gasteiger partial charge in [0.15, 0.2) is 0 Å². The van der Waals surface area contributed by atoms with Gasteiger partial charge < -0.3 is 10.0 Å². The maximum Gasteiger partial charge on any atom is 0.229 e. The number of thioether (sulfide) groups is 1. The monoisotopic (exact) mass is 421 g/mol. The summed E-state index contributed by atoms with van der Waals surface area (Å²) < 4.78 is 14.1. The van der Waals surface area contributed by atoms with Gasteiger partial charge in [-0.25, -0.2) is 14.4 Å². The zero-order valence-electron chi connectivity index (χ0n) is 16.9. The van der Waals surface area contributed by atoms with Gasteiger partial charge in [0.2, 0.25) is 5.95 Å². The highest BCUT2D eigenvalue weighted by Gasteiger charge is 2.52. The van der Waals surface area contributed by atoms with Gasteiger partial charge in [0.25, 0.3) is 0 Å². The summed E-state index contributed by atoms with van der Waals surface area (Å²) in [5.41, 5.74) is 3.97. The first-order valence-corrected chi connectivity index (χ1v) is 11.2. The standard InChI is InChI=1S/C24H24FN3OS/c1-16(8-11-29)30-18-6-7-20-22(12-18)28(15-24(20)9-10-24)23-26-13-17(14-27-23)19-4-2-3-5-21(19)25/h2-7,12-14,16,29H,8-11,15H2,1H3. The Bertz CT molecular complexity index is 1070. The molecule has 1 fully saturated rings. The van der Waals surface area contributed by atoms with Crippen LogP contribution < -0.4 is 4.90 Å². The van der Waals surface area contributed by atoms with E-state index in [2.05, 4.69) is 40.0 Å². The molecule has 2 aromatic carbocycles. The molecule has 1 aliphatic heterocycles. The summed E-state index contributed by atoms with van der Waals surface area (Å²) in [6.45, 7) is 3.23. The van der Waals surface area contributed by atoms with E-state index in [0.717, 1.165) is 13.0 Å². The predicted molar refractivity (Wildman–Crippen MR) is 119 cm³/mol. The molecule has 1 saturated carbocycles. The zero-order valence-corrected chi connectivity index (χ0v) is 17.7. The Labute approximate surface area is 180 Å². The van der Waals surface area contributed by atoms with Gasteiger partial charge in [-0.1, -0.05) is 31.2 Å². The highest BCUT2D eigenvalue weighted by molar-refractivity contribution is 7.99. The second kappa shape index (κ2) is 7.67. The van der Waals surface area contributed by atoms with Crippen LogP contribution in [-0.4, -0.2) is 33.5 Å². The van der Waals surface area contributed by atoms with E-state index in [1.165, 1.54) is 35.1 Å². The highest BCUT2D eigenvalue weighted by Crippen LogP contribution is 2.58. The van der Waals surface area contributed by atoms with Crippen LogP contribution in [0.3, 0.4) is 0 Å². The number of hydrogen-bond acceptors (Lipinski definition) is 5. The van der Waals surface area contributed by atoms with Gasteiger partial charge in [0.05, 0.1) is 0 Å². The summed E-state index contributed by atoms with van der Waals surface area (Å²) in [6, 6.07) is 13.4. The van der Waals surface area contributed by atoms with Crippen LogP contribution in [0, 0.1) is 5.82 Å². The summed E-state index contributed by atoms with van der Waals surface area (Å²) in [5.74, 6) is 0.390. The maximum atomic E-state index is 14.1. The number of aliphatic hydroxyl groups is 1. The van der Waals surface area contributed by atoms with E-state index >= 15 is 0 Å². The fourth-order valence-corrected chi connectivity index (χ4v) is 5.27. The van der Waals surface area contributed by atoms with Gasteiger partial charge in [-0.05, 0) is 43.0 Å². The lowest BCUT2D eigenvalue weighted by atomic mass is 9.99. The predicted octanol–water partition coefficient (Wildman–Crippen LogP) is 5.33. The van der Waals surface area contributed by atoms with E-state index in [9.17, 15) is 9.50 Å². The van der Waals surface area contributed by atoms with E-state index in [4.69, 9.17) is 0 Å². The van der Waals surface area contributed by atoms with Gasteiger partial charge in [0.1, 0.15) is 5.82 Å². The van der Waals surface area contributed by atoms with Crippen molar-refractivity contribution in [3.8, 4) is 11.1 Å². The van der Waals surface area contributed by atoms with E-state index in [1.807, 2.05) is 6.07 Å². The fraction of sp³-hybridized carbons (Fsp3) is 0.333. The zero-order chi connectivity index (χ0) is 20.7. The molecule has 2 aliphatic rings. The number of aliphatic hydroxyl groups excluding tert-OH is 1. The van der Waals surface area contributed by atoms with Gasteiger partial charge >= 0.3 is 0 Å². The Morgan fingerprint density at radius 1 is 1.17 bits per heavy atom. The summed E-state index contributed by atoms with van der Waals surface area (Å²) in [6.07, 6.45) is 6.57. The smallest absolute Gasteiger partial charge is 0.229 e. The molecule has 3 aromatic rings. The molecule has 30 heavy (non-hydrogen) atoms. The minimum Gasteiger partial charge on any atom is -0.396 e. The van der Waals surface area contributed by atoms with Crippen molar-refractivity contribution in [3.05, 3.63) is 66.2 Å². The molecule has 6 heteroatoms. The Morgan fingerprint density at radius 2 is 1.93 bits per heavy atom. The number of aromatic nitrogens is 2. The summed E-state index contributed by atoms with van der Waals surface area (Å²) in [5, 5.41) is 9.55. The van der Waals surface area contributed by atoms with Gasteiger partial charge in [-0.15, -0.1) is 11.8 Å². The molecule has 1 atom stereocenters. The minimum atomic E-state index is -0.268. The van der Waals surface area contributed by atoms with Crippen LogP contribution >= 0.6 is 11.8 Å². The van der Waals surface area contributed by atoms with Gasteiger partial charge in [0, 0.05) is 57.9 Å². The highest BCUT2D eigenvalue weighted by atomic mass is 32.2. The lowest BCUT2D eigenvalue weighted by molar-refractivity contribution is 0.289. The Kier molecular flexibility index (Phi) is 4.99. The first kappa shape index (κ1) is 19.5. The lowest BCUT2D eigenvalue weighted by Gasteiger charge is -2.19. The third-order valence-corrected chi connectivity index (χ3v) is 7.25. The van der Waals surface area contributed by atoms with E-state index in [-0.39, 0.29) is 17.8 Å². The molecule has 0 bridgehead atoms. The number of benzene rings is 2. The van der Waals surface area contributed by atoms with Crippen molar-refractivity contribution in [2.45, 2.75) is 41.7 Å². The van der Waals surface area contributed by atoms with Crippen molar-refractivity contribution in [2.75, 3.05) is 18.1 Å². The largest absolute Gasteiger partial charge is 0.396 e. The first-order chi connectivity index (χ1) is 14.6. The lowest BCUT2D eigenvalue weighted by Crippen LogP contribution is -2.21. The molecular formula is C24H24FN3OS. The van der Waals surface area contributed by atoms with Crippen molar-refractivity contribution in [2.24, 2.45) is 0 Å². The average molecular weight is 422 g/mol. The molecule has 1 N–H and O–H groups in total. The van der Waals surface area contributed by atoms with Crippen LogP contribution in [-0.2, 0) is 5.41 Å². The first-order valence-electron chi connectivity index (χ1n) is 10.4. The number of rotatable bonds is 6. The van der Waals surface area contributed by atoms with Crippen LogP contribution in [0.25, 0.3) is 11.1 Å². The summed E-state index contributed by atoms with van der Waals surface area (Å²) in [4.78, 5) is 12.6. The molecule has 2 heterocycles. The maximum absolute atomic E-state index is 14.1. The molecule has 1 aromatic heterocycles. The van der Waals surface area contributed by atoms with E-state index < -0.39 is 0 Å². The molecule has 4 nitrogen and oxygen atoms in total. The topological polar surface area (TPSA) is 49.2 Å². The van der Waals surface area contributed by atoms with Crippen molar-refractivity contribution < 1.29 is 9.50 Å². The molecule has 0 amide bonds. The van der Waals surface area contributed by atoms with Crippen molar-refractivity contribution >= 4 is 23.4 Å². The van der Waals surface area contributed by atoms with Gasteiger partial charge in [-0.3, -0.25) is 0 Å². The van der Waals surface area contributed by atoms with Crippen LogP contribution in [0.1, 0.15) is 31.7 Å². The van der Waals surface area contributed by atoms with Crippen molar-refractivity contribution in [3.63, 3.8) is 0 Å². The molecule has 1 unspecified atom stereocenters. The second-order valence-corrected chi connectivity index (χ2v) is 9.75. The van der Waals surface area contributed by atoms with Crippen molar-refractivity contribution in [1.82, 2.24) is 9.97 Å².